The standard InChI is InChI=1S/C22H43N5O2/c1-7-23-20(27-13-10-19(17-27)16-26-11-8-9-12-26)24-14-18(2)15-25(6)21(28)29-22(3,4)5/h18-19H,7-17H2,1-6H3,(H,23,24). The second-order valence-corrected chi connectivity index (χ2v) is 9.77. The molecule has 2 heterocycles. The molecule has 2 unspecified atom stereocenters. The molecule has 1 amide bonds. The lowest BCUT2D eigenvalue weighted by Crippen LogP contribution is -2.41. The van der Waals surface area contributed by atoms with Crippen LogP contribution in [0.4, 0.5) is 4.79 Å². The topological polar surface area (TPSA) is 60.4 Å². The van der Waals surface area contributed by atoms with Crippen molar-refractivity contribution in [2.75, 3.05) is 59.4 Å². The van der Waals surface area contributed by atoms with E-state index >= 15 is 0 Å². The van der Waals surface area contributed by atoms with Gasteiger partial charge in [-0.2, -0.15) is 0 Å². The Labute approximate surface area is 177 Å². The summed E-state index contributed by atoms with van der Waals surface area (Å²) in [5.74, 6) is 2.03. The van der Waals surface area contributed by atoms with Crippen LogP contribution < -0.4 is 5.32 Å². The van der Waals surface area contributed by atoms with Gasteiger partial charge in [-0.25, -0.2) is 4.79 Å². The van der Waals surface area contributed by atoms with E-state index in [1.165, 1.54) is 38.9 Å². The second-order valence-electron chi connectivity index (χ2n) is 9.77. The van der Waals surface area contributed by atoms with Gasteiger partial charge >= 0.3 is 6.09 Å². The number of hydrogen-bond acceptors (Lipinski definition) is 4. The number of guanidine groups is 1. The van der Waals surface area contributed by atoms with Gasteiger partial charge in [0.2, 0.25) is 0 Å². The quantitative estimate of drug-likeness (QED) is 0.517. The highest BCUT2D eigenvalue weighted by molar-refractivity contribution is 5.80. The first kappa shape index (κ1) is 23.8. The fraction of sp³-hybridized carbons (Fsp3) is 0.909. The molecule has 0 radical (unpaired) electrons. The van der Waals surface area contributed by atoms with Crippen molar-refractivity contribution in [1.82, 2.24) is 20.0 Å². The molecule has 2 aliphatic rings. The molecule has 0 aromatic rings. The summed E-state index contributed by atoms with van der Waals surface area (Å²) in [5, 5.41) is 3.46. The number of aliphatic imine (C=N–C) groups is 1. The fourth-order valence-corrected chi connectivity index (χ4v) is 4.11. The minimum atomic E-state index is -0.466. The Morgan fingerprint density at radius 3 is 2.59 bits per heavy atom. The van der Waals surface area contributed by atoms with Crippen molar-refractivity contribution in [3.8, 4) is 0 Å². The number of carbonyl (C=O) groups is 1. The van der Waals surface area contributed by atoms with Gasteiger partial charge < -0.3 is 24.8 Å². The summed E-state index contributed by atoms with van der Waals surface area (Å²) in [4.78, 5) is 23.7. The number of nitrogens with one attached hydrogen (secondary N) is 1. The number of ether oxygens (including phenoxy) is 1. The van der Waals surface area contributed by atoms with E-state index in [4.69, 9.17) is 9.73 Å². The number of rotatable bonds is 7. The normalized spacial score (nSPS) is 22.1. The SMILES string of the molecule is CCNC(=NCC(C)CN(C)C(=O)OC(C)(C)C)N1CCC(CN2CCCC2)C1. The summed E-state index contributed by atoms with van der Waals surface area (Å²) in [6.07, 6.45) is 3.69. The molecule has 168 valence electrons. The molecular formula is C22H43N5O2. The zero-order valence-corrected chi connectivity index (χ0v) is 19.5. The van der Waals surface area contributed by atoms with Crippen LogP contribution in [0.1, 0.15) is 53.9 Å². The number of likely N-dealkylation sites (tertiary alicyclic amines) is 2. The molecule has 2 saturated heterocycles. The molecule has 0 aromatic heterocycles. The van der Waals surface area contributed by atoms with E-state index in [9.17, 15) is 4.79 Å². The van der Waals surface area contributed by atoms with Crippen LogP contribution in [0.25, 0.3) is 0 Å². The first-order valence-electron chi connectivity index (χ1n) is 11.4. The van der Waals surface area contributed by atoms with Crippen molar-refractivity contribution in [3.05, 3.63) is 0 Å². The Balaban J connectivity index is 1.82. The monoisotopic (exact) mass is 409 g/mol. The van der Waals surface area contributed by atoms with Gasteiger partial charge in [-0.05, 0) is 71.9 Å². The van der Waals surface area contributed by atoms with Crippen LogP contribution in [0.5, 0.6) is 0 Å². The van der Waals surface area contributed by atoms with Crippen LogP contribution in [0.15, 0.2) is 4.99 Å². The molecule has 29 heavy (non-hydrogen) atoms. The fourth-order valence-electron chi connectivity index (χ4n) is 4.11. The van der Waals surface area contributed by atoms with Crippen LogP contribution >= 0.6 is 0 Å². The third-order valence-electron chi connectivity index (χ3n) is 5.48. The summed E-state index contributed by atoms with van der Waals surface area (Å²) in [6.45, 7) is 18.1. The van der Waals surface area contributed by atoms with Crippen molar-refractivity contribution in [1.29, 1.82) is 0 Å². The summed E-state index contributed by atoms with van der Waals surface area (Å²) in [5.41, 5.74) is -0.466. The van der Waals surface area contributed by atoms with Crippen molar-refractivity contribution < 1.29 is 9.53 Å². The molecule has 7 nitrogen and oxygen atoms in total. The summed E-state index contributed by atoms with van der Waals surface area (Å²) in [6, 6.07) is 0. The number of amides is 1. The second kappa shape index (κ2) is 11.0. The van der Waals surface area contributed by atoms with Gasteiger partial charge in [-0.1, -0.05) is 6.92 Å². The maximum Gasteiger partial charge on any atom is 0.410 e. The Hall–Kier alpha value is -1.50. The molecule has 1 N–H and O–H groups in total. The van der Waals surface area contributed by atoms with Crippen LogP contribution in [-0.2, 0) is 4.74 Å². The van der Waals surface area contributed by atoms with E-state index in [1.54, 1.807) is 11.9 Å². The lowest BCUT2D eigenvalue weighted by molar-refractivity contribution is 0.0279. The zero-order valence-electron chi connectivity index (χ0n) is 19.5. The molecule has 2 atom stereocenters. The molecule has 0 spiro atoms. The van der Waals surface area contributed by atoms with Crippen molar-refractivity contribution in [3.63, 3.8) is 0 Å². The number of carbonyl (C=O) groups excluding carboxylic acids is 1. The first-order chi connectivity index (χ1) is 13.7. The van der Waals surface area contributed by atoms with Gasteiger partial charge in [-0.3, -0.25) is 4.99 Å². The molecule has 0 saturated carbocycles. The Morgan fingerprint density at radius 1 is 1.28 bits per heavy atom. The molecule has 0 aliphatic carbocycles. The lowest BCUT2D eigenvalue weighted by atomic mass is 10.1. The van der Waals surface area contributed by atoms with Crippen molar-refractivity contribution >= 4 is 12.1 Å². The minimum Gasteiger partial charge on any atom is -0.444 e. The highest BCUT2D eigenvalue weighted by Crippen LogP contribution is 2.20. The minimum absolute atomic E-state index is 0.268. The molecule has 0 bridgehead atoms. The largest absolute Gasteiger partial charge is 0.444 e. The van der Waals surface area contributed by atoms with Crippen molar-refractivity contribution in [2.24, 2.45) is 16.8 Å². The van der Waals surface area contributed by atoms with Crippen LogP contribution in [0.2, 0.25) is 0 Å². The maximum atomic E-state index is 12.2. The van der Waals surface area contributed by atoms with Gasteiger partial charge in [0.15, 0.2) is 5.96 Å². The molecule has 2 aliphatic heterocycles. The molecule has 2 fully saturated rings. The number of hydrogen-bond donors (Lipinski definition) is 1. The average Bonchev–Trinajstić information content (AvgIpc) is 3.29. The Kier molecular flexibility index (Phi) is 9.05. The molecule has 7 heteroatoms. The number of nitrogens with zero attached hydrogens (tertiary/aromatic N) is 4. The first-order valence-corrected chi connectivity index (χ1v) is 11.4. The Bertz CT molecular complexity index is 540. The van der Waals surface area contributed by atoms with E-state index in [1.807, 2.05) is 20.8 Å². The summed E-state index contributed by atoms with van der Waals surface area (Å²) >= 11 is 0. The van der Waals surface area contributed by atoms with Gasteiger partial charge in [-0.15, -0.1) is 0 Å². The van der Waals surface area contributed by atoms with E-state index < -0.39 is 5.60 Å². The third kappa shape index (κ3) is 8.41. The molecular weight excluding hydrogens is 366 g/mol. The zero-order chi connectivity index (χ0) is 21.4. The van der Waals surface area contributed by atoms with Gasteiger partial charge in [0, 0.05) is 46.3 Å². The van der Waals surface area contributed by atoms with Gasteiger partial charge in [0.25, 0.3) is 0 Å². The van der Waals surface area contributed by atoms with Crippen LogP contribution in [0, 0.1) is 11.8 Å². The predicted molar refractivity (Wildman–Crippen MR) is 119 cm³/mol. The van der Waals surface area contributed by atoms with E-state index in [-0.39, 0.29) is 12.0 Å². The van der Waals surface area contributed by atoms with Crippen molar-refractivity contribution in [2.45, 2.75) is 59.5 Å². The van der Waals surface area contributed by atoms with E-state index in [0.29, 0.717) is 13.1 Å². The maximum absolute atomic E-state index is 12.2. The van der Waals surface area contributed by atoms with E-state index in [0.717, 1.165) is 31.5 Å². The molecule has 2 rings (SSSR count). The van der Waals surface area contributed by atoms with Gasteiger partial charge in [0.05, 0.1) is 0 Å². The highest BCUT2D eigenvalue weighted by Gasteiger charge is 2.27. The smallest absolute Gasteiger partial charge is 0.410 e. The lowest BCUT2D eigenvalue weighted by Gasteiger charge is -2.26. The van der Waals surface area contributed by atoms with Gasteiger partial charge in [0.1, 0.15) is 5.60 Å². The predicted octanol–water partition coefficient (Wildman–Crippen LogP) is 2.87. The van der Waals surface area contributed by atoms with E-state index in [2.05, 4.69) is 29.0 Å². The summed E-state index contributed by atoms with van der Waals surface area (Å²) < 4.78 is 5.44. The van der Waals surface area contributed by atoms with Crippen LogP contribution in [-0.4, -0.2) is 91.8 Å². The average molecular weight is 410 g/mol. The third-order valence-corrected chi connectivity index (χ3v) is 5.48. The Morgan fingerprint density at radius 2 is 1.97 bits per heavy atom. The van der Waals surface area contributed by atoms with Crippen LogP contribution in [0.3, 0.4) is 0 Å². The summed E-state index contributed by atoms with van der Waals surface area (Å²) in [7, 11) is 1.79. The molecule has 0 aromatic carbocycles. The highest BCUT2D eigenvalue weighted by atomic mass is 16.6.